The molecule has 0 unspecified atom stereocenters. The van der Waals surface area contributed by atoms with Gasteiger partial charge in [-0.05, 0) is 73.3 Å². The molecule has 0 N–H and O–H groups in total. The second-order valence-electron chi connectivity index (χ2n) is 11.3. The third-order valence-corrected chi connectivity index (χ3v) is 8.46. The summed E-state index contributed by atoms with van der Waals surface area (Å²) in [5, 5.41) is 0. The number of esters is 1. The van der Waals surface area contributed by atoms with Gasteiger partial charge in [-0.2, -0.15) is 0 Å². The van der Waals surface area contributed by atoms with Crippen molar-refractivity contribution >= 4 is 5.97 Å². The second kappa shape index (κ2) is 8.31. The van der Waals surface area contributed by atoms with E-state index in [1.165, 1.54) is 67.3 Å². The summed E-state index contributed by atoms with van der Waals surface area (Å²) in [5.74, 6) is -0.375. The monoisotopic (exact) mass is 484 g/mol. The molecule has 0 amide bonds. The highest BCUT2D eigenvalue weighted by molar-refractivity contribution is 5.86. The highest BCUT2D eigenvalue weighted by Crippen LogP contribution is 2.52. The number of ether oxygens (including phenoxy) is 1. The first-order valence-electron chi connectivity index (χ1n) is 13.0. The zero-order valence-electron chi connectivity index (χ0n) is 22.0. The minimum Gasteiger partial charge on any atom is -0.462 e. The van der Waals surface area contributed by atoms with Gasteiger partial charge < -0.3 is 4.74 Å². The minimum absolute atomic E-state index is 0.00935. The fourth-order valence-corrected chi connectivity index (χ4v) is 6.33. The lowest BCUT2D eigenvalue weighted by atomic mass is 9.80. The minimum atomic E-state index is -0.375. The fraction of sp³-hybridized carbons (Fsp3) is 0.229. The van der Waals surface area contributed by atoms with Crippen LogP contribution in [0.15, 0.2) is 91.5 Å². The fourth-order valence-electron chi connectivity index (χ4n) is 6.33. The van der Waals surface area contributed by atoms with Crippen LogP contribution in [0.2, 0.25) is 0 Å². The Hall–Kier alpha value is -3.91. The van der Waals surface area contributed by atoms with Crippen LogP contribution < -0.4 is 0 Å². The highest BCUT2D eigenvalue weighted by atomic mass is 16.5. The van der Waals surface area contributed by atoms with Gasteiger partial charge in [0.1, 0.15) is 0 Å². The Morgan fingerprint density at radius 1 is 0.703 bits per heavy atom. The van der Waals surface area contributed by atoms with E-state index in [0.717, 1.165) is 0 Å². The van der Waals surface area contributed by atoms with Crippen molar-refractivity contribution in [3.8, 4) is 33.4 Å². The smallest absolute Gasteiger partial charge is 0.330 e. The van der Waals surface area contributed by atoms with Crippen molar-refractivity contribution in [2.24, 2.45) is 0 Å². The predicted molar refractivity (Wildman–Crippen MR) is 152 cm³/mol. The van der Waals surface area contributed by atoms with Crippen LogP contribution >= 0.6 is 0 Å². The van der Waals surface area contributed by atoms with Gasteiger partial charge in [0.25, 0.3) is 0 Å². The lowest BCUT2D eigenvalue weighted by molar-refractivity contribution is -0.137. The molecule has 0 atom stereocenters. The van der Waals surface area contributed by atoms with Crippen LogP contribution in [0, 0.1) is 0 Å². The highest BCUT2D eigenvalue weighted by Gasteiger charge is 2.37. The van der Waals surface area contributed by atoms with Gasteiger partial charge in [-0.1, -0.05) is 101 Å². The van der Waals surface area contributed by atoms with E-state index in [2.05, 4.69) is 113 Å². The van der Waals surface area contributed by atoms with Gasteiger partial charge in [-0.25, -0.2) is 4.79 Å². The average Bonchev–Trinajstić information content (AvgIpc) is 3.27. The number of rotatable bonds is 5. The summed E-state index contributed by atoms with van der Waals surface area (Å²) in [6.07, 6.45) is 1.90. The van der Waals surface area contributed by atoms with Crippen molar-refractivity contribution in [1.29, 1.82) is 0 Å². The first-order valence-corrected chi connectivity index (χ1v) is 13.0. The summed E-state index contributed by atoms with van der Waals surface area (Å²) in [6.45, 7) is 13.1. The molecule has 2 aliphatic carbocycles. The summed E-state index contributed by atoms with van der Waals surface area (Å²) < 4.78 is 5.20. The standard InChI is InChI=1S/C35H32O2/c1-6-33(36)37-18-17-22-11-14-26-28-16-13-24(21-32(28)35(4,5)30(26)19-22)23-12-15-27-25-9-7-8-10-29(25)34(2,3)31(27)20-23/h6-16,19-21H,1,17-18H2,2-5H3. The van der Waals surface area contributed by atoms with Crippen molar-refractivity contribution in [2.45, 2.75) is 44.9 Å². The summed E-state index contributed by atoms with van der Waals surface area (Å²) in [4.78, 5) is 11.4. The molecule has 184 valence electrons. The molecule has 0 radical (unpaired) electrons. The SMILES string of the molecule is C=CC(=O)OCCc1ccc2c(c1)C(C)(C)c1cc(-c3ccc4c(c3)C(C)(C)c3ccccc3-4)ccc1-2. The molecule has 0 saturated heterocycles. The molecular formula is C35H32O2. The van der Waals surface area contributed by atoms with Crippen LogP contribution in [-0.4, -0.2) is 12.6 Å². The molecule has 37 heavy (non-hydrogen) atoms. The molecule has 2 aliphatic rings. The van der Waals surface area contributed by atoms with E-state index in [1.807, 2.05) is 0 Å². The van der Waals surface area contributed by atoms with Crippen LogP contribution in [0.25, 0.3) is 33.4 Å². The molecule has 0 heterocycles. The Morgan fingerprint density at radius 2 is 1.22 bits per heavy atom. The molecule has 0 spiro atoms. The van der Waals surface area contributed by atoms with Crippen LogP contribution in [0.3, 0.4) is 0 Å². The molecule has 0 aromatic heterocycles. The third-order valence-electron chi connectivity index (χ3n) is 8.46. The van der Waals surface area contributed by atoms with Crippen molar-refractivity contribution < 1.29 is 9.53 Å². The van der Waals surface area contributed by atoms with Gasteiger partial charge in [0, 0.05) is 23.3 Å². The quantitative estimate of drug-likeness (QED) is 0.211. The van der Waals surface area contributed by atoms with Crippen LogP contribution in [0.5, 0.6) is 0 Å². The lowest BCUT2D eigenvalue weighted by Gasteiger charge is -2.23. The molecule has 2 heteroatoms. The summed E-state index contributed by atoms with van der Waals surface area (Å²) in [5.41, 5.74) is 14.4. The lowest BCUT2D eigenvalue weighted by Crippen LogP contribution is -2.16. The van der Waals surface area contributed by atoms with Crippen molar-refractivity contribution in [1.82, 2.24) is 0 Å². The number of carbonyl (C=O) groups excluding carboxylic acids is 1. The first kappa shape index (κ1) is 23.5. The molecule has 0 fully saturated rings. The maximum atomic E-state index is 11.4. The van der Waals surface area contributed by atoms with Gasteiger partial charge in [-0.3, -0.25) is 0 Å². The van der Waals surface area contributed by atoms with Gasteiger partial charge in [0.2, 0.25) is 0 Å². The molecule has 4 aromatic rings. The third kappa shape index (κ3) is 3.58. The zero-order chi connectivity index (χ0) is 25.9. The molecule has 0 aliphatic heterocycles. The van der Waals surface area contributed by atoms with Crippen LogP contribution in [-0.2, 0) is 26.8 Å². The van der Waals surface area contributed by atoms with Gasteiger partial charge in [-0.15, -0.1) is 0 Å². The Kier molecular flexibility index (Phi) is 5.28. The summed E-state index contributed by atoms with van der Waals surface area (Å²) in [7, 11) is 0. The number of fused-ring (bicyclic) bond motifs is 6. The topological polar surface area (TPSA) is 26.3 Å². The van der Waals surface area contributed by atoms with E-state index in [0.29, 0.717) is 13.0 Å². The number of benzene rings is 4. The van der Waals surface area contributed by atoms with Gasteiger partial charge in [0.05, 0.1) is 6.61 Å². The van der Waals surface area contributed by atoms with Crippen molar-refractivity contribution in [2.75, 3.05) is 6.61 Å². The van der Waals surface area contributed by atoms with Crippen molar-refractivity contribution in [3.63, 3.8) is 0 Å². The Balaban J connectivity index is 1.35. The summed E-state index contributed by atoms with van der Waals surface area (Å²) in [6, 6.07) is 29.4. The van der Waals surface area contributed by atoms with Gasteiger partial charge >= 0.3 is 5.97 Å². The maximum absolute atomic E-state index is 11.4. The van der Waals surface area contributed by atoms with E-state index < -0.39 is 0 Å². The number of carbonyl (C=O) groups is 1. The molecule has 6 rings (SSSR count). The molecule has 0 saturated carbocycles. The first-order chi connectivity index (χ1) is 17.7. The van der Waals surface area contributed by atoms with Crippen LogP contribution in [0.4, 0.5) is 0 Å². The zero-order valence-corrected chi connectivity index (χ0v) is 22.0. The molecule has 4 aromatic carbocycles. The maximum Gasteiger partial charge on any atom is 0.330 e. The van der Waals surface area contributed by atoms with Crippen molar-refractivity contribution in [3.05, 3.63) is 119 Å². The largest absolute Gasteiger partial charge is 0.462 e. The molecular weight excluding hydrogens is 452 g/mol. The number of hydrogen-bond acceptors (Lipinski definition) is 2. The van der Waals surface area contributed by atoms with E-state index in [9.17, 15) is 4.79 Å². The number of hydrogen-bond donors (Lipinski definition) is 0. The average molecular weight is 485 g/mol. The Morgan fingerprint density at radius 3 is 1.84 bits per heavy atom. The Bertz CT molecular complexity index is 1590. The van der Waals surface area contributed by atoms with E-state index >= 15 is 0 Å². The molecule has 2 nitrogen and oxygen atoms in total. The van der Waals surface area contributed by atoms with E-state index in [1.54, 1.807) is 0 Å². The van der Waals surface area contributed by atoms with E-state index in [4.69, 9.17) is 4.74 Å². The second-order valence-corrected chi connectivity index (χ2v) is 11.3. The predicted octanol–water partition coefficient (Wildman–Crippen LogP) is 8.24. The normalized spacial score (nSPS) is 15.4. The van der Waals surface area contributed by atoms with Gasteiger partial charge in [0.15, 0.2) is 0 Å². The molecule has 0 bridgehead atoms. The summed E-state index contributed by atoms with van der Waals surface area (Å²) >= 11 is 0. The Labute approximate surface area is 219 Å². The van der Waals surface area contributed by atoms with E-state index in [-0.39, 0.29) is 16.8 Å². The van der Waals surface area contributed by atoms with Crippen LogP contribution in [0.1, 0.15) is 55.5 Å².